The molecule has 1 fully saturated rings. The SMILES string of the molecule is Cl.O=C(C1CNC1)N(CCc1ccccc1)c1ccccc1. The number of hydrogen-bond donors (Lipinski definition) is 1. The Bertz CT molecular complexity index is 585. The largest absolute Gasteiger partial charge is 0.315 e. The lowest BCUT2D eigenvalue weighted by atomic mass is 10.0. The number of rotatable bonds is 5. The topological polar surface area (TPSA) is 32.3 Å². The molecule has 0 radical (unpaired) electrons. The molecule has 1 aliphatic heterocycles. The van der Waals surface area contributed by atoms with Crippen molar-refractivity contribution in [1.29, 1.82) is 0 Å². The minimum Gasteiger partial charge on any atom is -0.315 e. The van der Waals surface area contributed by atoms with Crippen molar-refractivity contribution in [2.45, 2.75) is 6.42 Å². The molecule has 2 aromatic rings. The van der Waals surface area contributed by atoms with E-state index in [1.165, 1.54) is 5.56 Å². The van der Waals surface area contributed by atoms with Crippen LogP contribution in [0, 0.1) is 5.92 Å². The van der Waals surface area contributed by atoms with Gasteiger partial charge in [-0.2, -0.15) is 0 Å². The monoisotopic (exact) mass is 316 g/mol. The maximum absolute atomic E-state index is 12.6. The first-order valence-electron chi connectivity index (χ1n) is 7.45. The van der Waals surface area contributed by atoms with E-state index in [-0.39, 0.29) is 24.2 Å². The molecule has 0 aliphatic carbocycles. The van der Waals surface area contributed by atoms with Crippen molar-refractivity contribution >= 4 is 24.0 Å². The number of amides is 1. The fourth-order valence-electron chi connectivity index (χ4n) is 2.54. The molecular weight excluding hydrogens is 296 g/mol. The average Bonchev–Trinajstić information content (AvgIpc) is 2.48. The van der Waals surface area contributed by atoms with E-state index in [1.807, 2.05) is 53.4 Å². The number of hydrogen-bond acceptors (Lipinski definition) is 2. The summed E-state index contributed by atoms with van der Waals surface area (Å²) in [7, 11) is 0. The standard InChI is InChI=1S/C18H20N2O.ClH/c21-18(16-13-19-14-16)20(17-9-5-2-6-10-17)12-11-15-7-3-1-4-8-15;/h1-10,16,19H,11-14H2;1H. The first kappa shape index (κ1) is 16.5. The molecule has 1 heterocycles. The fourth-order valence-corrected chi connectivity index (χ4v) is 2.54. The van der Waals surface area contributed by atoms with Crippen LogP contribution < -0.4 is 10.2 Å². The van der Waals surface area contributed by atoms with Gasteiger partial charge >= 0.3 is 0 Å². The van der Waals surface area contributed by atoms with E-state index >= 15 is 0 Å². The zero-order chi connectivity index (χ0) is 14.5. The maximum Gasteiger partial charge on any atom is 0.232 e. The van der Waals surface area contributed by atoms with Gasteiger partial charge < -0.3 is 10.2 Å². The summed E-state index contributed by atoms with van der Waals surface area (Å²) in [6, 6.07) is 20.3. The van der Waals surface area contributed by atoms with Crippen LogP contribution in [0.1, 0.15) is 5.56 Å². The van der Waals surface area contributed by atoms with Crippen LogP contribution in [0.2, 0.25) is 0 Å². The molecule has 2 aromatic carbocycles. The van der Waals surface area contributed by atoms with Crippen LogP contribution in [0.15, 0.2) is 60.7 Å². The van der Waals surface area contributed by atoms with Crippen LogP contribution >= 0.6 is 12.4 Å². The smallest absolute Gasteiger partial charge is 0.232 e. The van der Waals surface area contributed by atoms with Gasteiger partial charge in [-0.05, 0) is 24.1 Å². The molecule has 22 heavy (non-hydrogen) atoms. The van der Waals surface area contributed by atoms with Crippen LogP contribution in [0.3, 0.4) is 0 Å². The lowest BCUT2D eigenvalue weighted by Crippen LogP contribution is -2.52. The number of nitrogens with one attached hydrogen (secondary N) is 1. The van der Waals surface area contributed by atoms with Crippen molar-refractivity contribution in [2.75, 3.05) is 24.5 Å². The molecule has 116 valence electrons. The van der Waals surface area contributed by atoms with Crippen LogP contribution in [0.4, 0.5) is 5.69 Å². The molecular formula is C18H21ClN2O. The molecule has 0 spiro atoms. The van der Waals surface area contributed by atoms with E-state index in [0.717, 1.165) is 31.7 Å². The number of anilines is 1. The number of halogens is 1. The van der Waals surface area contributed by atoms with Gasteiger partial charge in [0.2, 0.25) is 5.91 Å². The zero-order valence-corrected chi connectivity index (χ0v) is 13.3. The third kappa shape index (κ3) is 3.87. The highest BCUT2D eigenvalue weighted by molar-refractivity contribution is 5.95. The second kappa shape index (κ2) is 7.97. The Balaban J connectivity index is 0.00000176. The quantitative estimate of drug-likeness (QED) is 0.920. The van der Waals surface area contributed by atoms with Crippen molar-refractivity contribution in [3.05, 3.63) is 66.2 Å². The summed E-state index contributed by atoms with van der Waals surface area (Å²) in [4.78, 5) is 14.6. The Morgan fingerprint density at radius 2 is 1.59 bits per heavy atom. The van der Waals surface area contributed by atoms with Crippen LogP contribution in [0.25, 0.3) is 0 Å². The summed E-state index contributed by atoms with van der Waals surface area (Å²) in [5.41, 5.74) is 2.25. The van der Waals surface area contributed by atoms with Gasteiger partial charge in [-0.1, -0.05) is 48.5 Å². The van der Waals surface area contributed by atoms with Gasteiger partial charge in [0.25, 0.3) is 0 Å². The summed E-state index contributed by atoms with van der Waals surface area (Å²) in [5.74, 6) is 0.358. The summed E-state index contributed by atoms with van der Waals surface area (Å²) in [5, 5.41) is 3.17. The van der Waals surface area contributed by atoms with E-state index in [4.69, 9.17) is 0 Å². The fraction of sp³-hybridized carbons (Fsp3) is 0.278. The first-order valence-corrected chi connectivity index (χ1v) is 7.45. The molecule has 1 amide bonds. The lowest BCUT2D eigenvalue weighted by Gasteiger charge is -2.32. The third-order valence-corrected chi connectivity index (χ3v) is 3.93. The Hall–Kier alpha value is -1.84. The molecule has 1 N–H and O–H groups in total. The van der Waals surface area contributed by atoms with Gasteiger partial charge in [-0.25, -0.2) is 0 Å². The molecule has 4 heteroatoms. The minimum atomic E-state index is 0. The molecule has 0 saturated carbocycles. The van der Waals surface area contributed by atoms with E-state index in [9.17, 15) is 4.79 Å². The van der Waals surface area contributed by atoms with Crippen molar-refractivity contribution in [1.82, 2.24) is 5.32 Å². The predicted molar refractivity (Wildman–Crippen MR) is 92.5 cm³/mol. The van der Waals surface area contributed by atoms with Gasteiger partial charge in [0.1, 0.15) is 0 Å². The number of para-hydroxylation sites is 1. The second-order valence-corrected chi connectivity index (χ2v) is 5.42. The maximum atomic E-state index is 12.6. The molecule has 0 unspecified atom stereocenters. The van der Waals surface area contributed by atoms with Crippen molar-refractivity contribution in [3.8, 4) is 0 Å². The Morgan fingerprint density at radius 1 is 1.00 bits per heavy atom. The van der Waals surface area contributed by atoms with Gasteiger partial charge in [0.05, 0.1) is 5.92 Å². The lowest BCUT2D eigenvalue weighted by molar-refractivity contribution is -0.123. The van der Waals surface area contributed by atoms with E-state index in [0.29, 0.717) is 0 Å². The van der Waals surface area contributed by atoms with Gasteiger partial charge in [0.15, 0.2) is 0 Å². The molecule has 1 aliphatic rings. The van der Waals surface area contributed by atoms with Crippen molar-refractivity contribution in [2.24, 2.45) is 5.92 Å². The molecule has 3 nitrogen and oxygen atoms in total. The molecule has 0 bridgehead atoms. The molecule has 0 atom stereocenters. The van der Waals surface area contributed by atoms with Gasteiger partial charge in [0, 0.05) is 25.3 Å². The van der Waals surface area contributed by atoms with E-state index in [2.05, 4.69) is 17.4 Å². The highest BCUT2D eigenvalue weighted by Crippen LogP contribution is 2.19. The number of carbonyl (C=O) groups is 1. The van der Waals surface area contributed by atoms with Crippen molar-refractivity contribution < 1.29 is 4.79 Å². The Kier molecular flexibility index (Phi) is 5.99. The van der Waals surface area contributed by atoms with Gasteiger partial charge in [-0.3, -0.25) is 4.79 Å². The van der Waals surface area contributed by atoms with E-state index in [1.54, 1.807) is 0 Å². The third-order valence-electron chi connectivity index (χ3n) is 3.93. The zero-order valence-electron chi connectivity index (χ0n) is 12.4. The van der Waals surface area contributed by atoms with Gasteiger partial charge in [-0.15, -0.1) is 12.4 Å². The Morgan fingerprint density at radius 3 is 2.14 bits per heavy atom. The minimum absolute atomic E-state index is 0. The summed E-state index contributed by atoms with van der Waals surface area (Å²) in [6.07, 6.45) is 0.877. The summed E-state index contributed by atoms with van der Waals surface area (Å²) in [6.45, 7) is 2.32. The highest BCUT2D eigenvalue weighted by atomic mass is 35.5. The second-order valence-electron chi connectivity index (χ2n) is 5.42. The summed E-state index contributed by atoms with van der Waals surface area (Å²) < 4.78 is 0. The molecule has 0 aromatic heterocycles. The molecule has 1 saturated heterocycles. The van der Waals surface area contributed by atoms with Crippen LogP contribution in [-0.4, -0.2) is 25.5 Å². The van der Waals surface area contributed by atoms with Crippen LogP contribution in [0.5, 0.6) is 0 Å². The first-order chi connectivity index (χ1) is 10.3. The number of nitrogens with zero attached hydrogens (tertiary/aromatic N) is 1. The number of carbonyl (C=O) groups excluding carboxylic acids is 1. The normalized spacial score (nSPS) is 13.8. The average molecular weight is 317 g/mol. The van der Waals surface area contributed by atoms with E-state index < -0.39 is 0 Å². The highest BCUT2D eigenvalue weighted by Gasteiger charge is 2.29. The van der Waals surface area contributed by atoms with Crippen molar-refractivity contribution in [3.63, 3.8) is 0 Å². The Labute approximate surface area is 137 Å². The molecule has 3 rings (SSSR count). The number of benzene rings is 2. The van der Waals surface area contributed by atoms with Crippen LogP contribution in [-0.2, 0) is 11.2 Å². The predicted octanol–water partition coefficient (Wildman–Crippen LogP) is 2.90. The summed E-state index contributed by atoms with van der Waals surface area (Å²) >= 11 is 0.